The maximum atomic E-state index is 9.92. The zero-order valence-electron chi connectivity index (χ0n) is 7.97. The molecule has 0 bridgehead atoms. The fourth-order valence-corrected chi connectivity index (χ4v) is 2.62. The highest BCUT2D eigenvalue weighted by molar-refractivity contribution is 7.99. The molecule has 0 aromatic heterocycles. The molecule has 0 amide bonds. The third-order valence-corrected chi connectivity index (χ3v) is 3.32. The first kappa shape index (κ1) is 10.4. The summed E-state index contributed by atoms with van der Waals surface area (Å²) >= 11 is 1.85. The van der Waals surface area contributed by atoms with Crippen LogP contribution in [-0.2, 0) is 0 Å². The Morgan fingerprint density at radius 2 is 2.33 bits per heavy atom. The van der Waals surface area contributed by atoms with Gasteiger partial charge in [-0.25, -0.2) is 0 Å². The van der Waals surface area contributed by atoms with Crippen LogP contribution in [0, 0.1) is 5.92 Å². The minimum Gasteiger partial charge on any atom is -0.388 e. The van der Waals surface area contributed by atoms with Gasteiger partial charge in [-0.15, -0.1) is 0 Å². The molecule has 3 heteroatoms. The first-order valence-corrected chi connectivity index (χ1v) is 5.79. The second-order valence-electron chi connectivity index (χ2n) is 4.05. The molecule has 72 valence electrons. The molecule has 2 N–H and O–H groups in total. The lowest BCUT2D eigenvalue weighted by Gasteiger charge is -2.22. The summed E-state index contributed by atoms with van der Waals surface area (Å²) in [7, 11) is 0. The maximum Gasteiger partial charge on any atom is 0.0869 e. The predicted molar refractivity (Wildman–Crippen MR) is 54.6 cm³/mol. The van der Waals surface area contributed by atoms with E-state index in [1.165, 1.54) is 0 Å². The molecule has 1 heterocycles. The van der Waals surface area contributed by atoms with Crippen LogP contribution < -0.4 is 5.32 Å². The third-order valence-electron chi connectivity index (χ3n) is 2.09. The van der Waals surface area contributed by atoms with Gasteiger partial charge in [0.2, 0.25) is 0 Å². The van der Waals surface area contributed by atoms with E-state index in [2.05, 4.69) is 19.2 Å². The van der Waals surface area contributed by atoms with Crippen molar-refractivity contribution in [2.24, 2.45) is 5.92 Å². The van der Waals surface area contributed by atoms with Crippen molar-refractivity contribution in [2.75, 3.05) is 24.6 Å². The van der Waals surface area contributed by atoms with Crippen LogP contribution in [0.3, 0.4) is 0 Å². The van der Waals surface area contributed by atoms with E-state index < -0.39 is 5.60 Å². The van der Waals surface area contributed by atoms with Crippen LogP contribution in [0.25, 0.3) is 0 Å². The molecule has 1 unspecified atom stereocenters. The SMILES string of the molecule is CC(C)CNCC1(O)CCSC1. The predicted octanol–water partition coefficient (Wildman–Crippen LogP) is 1.10. The fraction of sp³-hybridized carbons (Fsp3) is 1.00. The van der Waals surface area contributed by atoms with E-state index in [0.29, 0.717) is 5.92 Å². The summed E-state index contributed by atoms with van der Waals surface area (Å²) in [5, 5.41) is 13.2. The van der Waals surface area contributed by atoms with Crippen molar-refractivity contribution < 1.29 is 5.11 Å². The average molecular weight is 189 g/mol. The van der Waals surface area contributed by atoms with Gasteiger partial charge in [0.1, 0.15) is 0 Å². The number of thioether (sulfide) groups is 1. The van der Waals surface area contributed by atoms with E-state index in [9.17, 15) is 5.11 Å². The summed E-state index contributed by atoms with van der Waals surface area (Å²) in [6.45, 7) is 6.13. The standard InChI is InChI=1S/C9H19NOS/c1-8(2)5-10-6-9(11)3-4-12-7-9/h8,10-11H,3-7H2,1-2H3. The van der Waals surface area contributed by atoms with E-state index in [1.54, 1.807) is 0 Å². The fourth-order valence-electron chi connectivity index (χ4n) is 1.33. The number of hydrogen-bond acceptors (Lipinski definition) is 3. The molecule has 1 saturated heterocycles. The highest BCUT2D eigenvalue weighted by Crippen LogP contribution is 2.26. The zero-order valence-corrected chi connectivity index (χ0v) is 8.78. The topological polar surface area (TPSA) is 32.3 Å². The van der Waals surface area contributed by atoms with Crippen LogP contribution in [0.4, 0.5) is 0 Å². The summed E-state index contributed by atoms with van der Waals surface area (Å²) in [5.74, 6) is 2.68. The van der Waals surface area contributed by atoms with Crippen molar-refractivity contribution in [2.45, 2.75) is 25.9 Å². The van der Waals surface area contributed by atoms with Gasteiger partial charge in [0.15, 0.2) is 0 Å². The molecule has 1 rings (SSSR count). The van der Waals surface area contributed by atoms with Gasteiger partial charge in [0.05, 0.1) is 5.60 Å². The number of hydrogen-bond donors (Lipinski definition) is 2. The zero-order chi connectivity index (χ0) is 9.03. The van der Waals surface area contributed by atoms with Gasteiger partial charge < -0.3 is 10.4 Å². The molecule has 0 radical (unpaired) electrons. The molecule has 12 heavy (non-hydrogen) atoms. The first-order valence-electron chi connectivity index (χ1n) is 4.63. The quantitative estimate of drug-likeness (QED) is 0.694. The Bertz CT molecular complexity index is 132. The molecule has 0 aromatic rings. The molecule has 1 aliphatic rings. The molecule has 1 fully saturated rings. The van der Waals surface area contributed by atoms with E-state index in [1.807, 2.05) is 11.8 Å². The first-order chi connectivity index (χ1) is 5.62. The van der Waals surface area contributed by atoms with Crippen LogP contribution >= 0.6 is 11.8 Å². The third kappa shape index (κ3) is 3.33. The minimum atomic E-state index is -0.417. The normalized spacial score (nSPS) is 30.0. The van der Waals surface area contributed by atoms with Gasteiger partial charge in [0.25, 0.3) is 0 Å². The summed E-state index contributed by atoms with van der Waals surface area (Å²) in [6, 6.07) is 0. The van der Waals surface area contributed by atoms with Gasteiger partial charge in [0, 0.05) is 12.3 Å². The lowest BCUT2D eigenvalue weighted by Crippen LogP contribution is -2.41. The van der Waals surface area contributed by atoms with Crippen molar-refractivity contribution >= 4 is 11.8 Å². The van der Waals surface area contributed by atoms with Crippen LogP contribution in [0.5, 0.6) is 0 Å². The second-order valence-corrected chi connectivity index (χ2v) is 5.16. The monoisotopic (exact) mass is 189 g/mol. The molecular weight excluding hydrogens is 170 g/mol. The smallest absolute Gasteiger partial charge is 0.0869 e. The second kappa shape index (κ2) is 4.49. The Kier molecular flexibility index (Phi) is 3.87. The Morgan fingerprint density at radius 1 is 1.58 bits per heavy atom. The molecule has 0 aliphatic carbocycles. The Hall–Kier alpha value is 0.270. The van der Waals surface area contributed by atoms with Crippen molar-refractivity contribution in [3.8, 4) is 0 Å². The highest BCUT2D eigenvalue weighted by atomic mass is 32.2. The van der Waals surface area contributed by atoms with Gasteiger partial charge in [-0.05, 0) is 24.6 Å². The highest BCUT2D eigenvalue weighted by Gasteiger charge is 2.30. The molecule has 2 nitrogen and oxygen atoms in total. The Labute approximate surface area is 79.1 Å². The summed E-state index contributed by atoms with van der Waals surface area (Å²) in [6.07, 6.45) is 0.947. The van der Waals surface area contributed by atoms with E-state index in [-0.39, 0.29) is 0 Å². The largest absolute Gasteiger partial charge is 0.388 e. The summed E-state index contributed by atoms with van der Waals surface area (Å²) < 4.78 is 0. The lowest BCUT2D eigenvalue weighted by atomic mass is 10.0. The van der Waals surface area contributed by atoms with Gasteiger partial charge in [-0.2, -0.15) is 11.8 Å². The van der Waals surface area contributed by atoms with Crippen molar-refractivity contribution in [1.82, 2.24) is 5.32 Å². The average Bonchev–Trinajstić information content (AvgIpc) is 2.35. The summed E-state index contributed by atoms with van der Waals surface area (Å²) in [4.78, 5) is 0. The van der Waals surface area contributed by atoms with E-state index in [0.717, 1.165) is 31.0 Å². The van der Waals surface area contributed by atoms with Crippen molar-refractivity contribution in [3.63, 3.8) is 0 Å². The minimum absolute atomic E-state index is 0.417. The number of nitrogens with one attached hydrogen (secondary N) is 1. The Balaban J connectivity index is 2.13. The van der Waals surface area contributed by atoms with Crippen LogP contribution in [0.1, 0.15) is 20.3 Å². The number of aliphatic hydroxyl groups is 1. The summed E-state index contributed by atoms with van der Waals surface area (Å²) in [5.41, 5.74) is -0.417. The lowest BCUT2D eigenvalue weighted by molar-refractivity contribution is 0.0672. The molecule has 1 atom stereocenters. The van der Waals surface area contributed by atoms with Gasteiger partial charge >= 0.3 is 0 Å². The van der Waals surface area contributed by atoms with Crippen LogP contribution in [-0.4, -0.2) is 35.3 Å². The molecular formula is C9H19NOS. The molecule has 0 aromatic carbocycles. The molecule has 0 spiro atoms. The van der Waals surface area contributed by atoms with Gasteiger partial charge in [-0.3, -0.25) is 0 Å². The van der Waals surface area contributed by atoms with E-state index in [4.69, 9.17) is 0 Å². The van der Waals surface area contributed by atoms with Crippen molar-refractivity contribution in [1.29, 1.82) is 0 Å². The van der Waals surface area contributed by atoms with Crippen molar-refractivity contribution in [3.05, 3.63) is 0 Å². The van der Waals surface area contributed by atoms with Crippen LogP contribution in [0.15, 0.2) is 0 Å². The Morgan fingerprint density at radius 3 is 2.83 bits per heavy atom. The van der Waals surface area contributed by atoms with Crippen LogP contribution in [0.2, 0.25) is 0 Å². The number of rotatable bonds is 4. The van der Waals surface area contributed by atoms with E-state index >= 15 is 0 Å². The maximum absolute atomic E-state index is 9.92. The molecule has 0 saturated carbocycles. The van der Waals surface area contributed by atoms with Gasteiger partial charge in [-0.1, -0.05) is 13.8 Å². The molecule has 1 aliphatic heterocycles.